The standard InChI is InChI=1S/C44H44N2O7/c1-49-37-28-39(50-2)38(40(29-37)51-3)30-45-43(48)44(25-10-14-31-12-6-4-7-13-31)41(34-19-17-33(18-20-34)32-15-8-5-9-16-32)53-42(46-44)35-21-23-36(24-22-35)52-27-11-26-47/h4-10,12-24,28-29,41,47H,11,25-27,30H2,1-3H3,(H,45,48)/b14-10+/t41-,44-/m1/s1. The third-order valence-electron chi connectivity index (χ3n) is 9.13. The van der Waals surface area contributed by atoms with Gasteiger partial charge >= 0.3 is 0 Å². The Morgan fingerprint density at radius 3 is 2.04 bits per heavy atom. The van der Waals surface area contributed by atoms with Crippen molar-refractivity contribution in [1.29, 1.82) is 0 Å². The maximum atomic E-state index is 14.9. The van der Waals surface area contributed by atoms with E-state index < -0.39 is 11.6 Å². The average Bonchev–Trinajstić information content (AvgIpc) is 3.61. The number of carbonyl (C=O) groups is 1. The summed E-state index contributed by atoms with van der Waals surface area (Å²) >= 11 is 0. The van der Waals surface area contributed by atoms with Crippen LogP contribution in [0.5, 0.6) is 23.0 Å². The molecule has 1 amide bonds. The molecule has 1 aliphatic rings. The number of hydrogen-bond acceptors (Lipinski definition) is 8. The summed E-state index contributed by atoms with van der Waals surface area (Å²) in [5, 5.41) is 12.3. The number of amides is 1. The predicted octanol–water partition coefficient (Wildman–Crippen LogP) is 7.82. The number of methoxy groups -OCH3 is 3. The Hall–Kier alpha value is -6.06. The molecule has 0 saturated heterocycles. The molecule has 1 aliphatic heterocycles. The number of ether oxygens (including phenoxy) is 5. The van der Waals surface area contributed by atoms with Gasteiger partial charge in [-0.2, -0.15) is 0 Å². The van der Waals surface area contributed by atoms with Crippen LogP contribution in [-0.4, -0.2) is 57.0 Å². The van der Waals surface area contributed by atoms with Gasteiger partial charge in [-0.15, -0.1) is 0 Å². The summed E-state index contributed by atoms with van der Waals surface area (Å²) in [5.41, 5.74) is 3.88. The van der Waals surface area contributed by atoms with Gasteiger partial charge in [0.15, 0.2) is 11.6 Å². The monoisotopic (exact) mass is 712 g/mol. The number of carbonyl (C=O) groups excluding carboxylic acids is 1. The molecule has 5 aromatic carbocycles. The average molecular weight is 713 g/mol. The normalized spacial score (nSPS) is 16.5. The lowest BCUT2D eigenvalue weighted by Gasteiger charge is -2.30. The first-order valence-corrected chi connectivity index (χ1v) is 17.5. The number of aliphatic hydroxyl groups excluding tert-OH is 1. The topological polar surface area (TPSA) is 108 Å². The van der Waals surface area contributed by atoms with Crippen molar-refractivity contribution in [3.63, 3.8) is 0 Å². The number of nitrogens with one attached hydrogen (secondary N) is 1. The highest BCUT2D eigenvalue weighted by Gasteiger charge is 2.52. The zero-order valence-corrected chi connectivity index (χ0v) is 30.2. The number of aliphatic hydroxyl groups is 1. The van der Waals surface area contributed by atoms with Gasteiger partial charge in [0.1, 0.15) is 23.0 Å². The van der Waals surface area contributed by atoms with E-state index in [0.29, 0.717) is 53.1 Å². The van der Waals surface area contributed by atoms with Gasteiger partial charge in [-0.1, -0.05) is 97.1 Å². The lowest BCUT2D eigenvalue weighted by atomic mass is 9.83. The molecule has 1 heterocycles. The van der Waals surface area contributed by atoms with E-state index in [-0.39, 0.29) is 25.5 Å². The van der Waals surface area contributed by atoms with Crippen molar-refractivity contribution in [3.05, 3.63) is 150 Å². The van der Waals surface area contributed by atoms with E-state index in [0.717, 1.165) is 22.3 Å². The molecule has 53 heavy (non-hydrogen) atoms. The summed E-state index contributed by atoms with van der Waals surface area (Å²) in [5.74, 6) is 2.27. The van der Waals surface area contributed by atoms with Crippen molar-refractivity contribution in [1.82, 2.24) is 5.32 Å². The first-order valence-electron chi connectivity index (χ1n) is 17.5. The number of aliphatic imine (C=N–C) groups is 1. The quantitative estimate of drug-likeness (QED) is 0.101. The molecule has 0 bridgehead atoms. The molecule has 0 radical (unpaired) electrons. The second kappa shape index (κ2) is 17.4. The molecule has 2 N–H and O–H groups in total. The highest BCUT2D eigenvalue weighted by molar-refractivity contribution is 6.01. The van der Waals surface area contributed by atoms with E-state index in [9.17, 15) is 4.79 Å². The largest absolute Gasteiger partial charge is 0.496 e. The summed E-state index contributed by atoms with van der Waals surface area (Å²) in [4.78, 5) is 20.0. The number of benzene rings is 5. The highest BCUT2D eigenvalue weighted by Crippen LogP contribution is 2.44. The van der Waals surface area contributed by atoms with Crippen LogP contribution >= 0.6 is 0 Å². The van der Waals surface area contributed by atoms with E-state index in [1.807, 2.05) is 109 Å². The third-order valence-corrected chi connectivity index (χ3v) is 9.13. The van der Waals surface area contributed by atoms with Crippen LogP contribution in [0, 0.1) is 0 Å². The SMILES string of the molecule is COc1cc(OC)c(CNC(=O)[C@]2(C/C=C/c3ccccc3)N=C(c3ccc(OCCCO)cc3)O[C@@H]2c2ccc(-c3ccccc3)cc2)c(OC)c1. The summed E-state index contributed by atoms with van der Waals surface area (Å²) in [7, 11) is 4.70. The number of hydrogen-bond donors (Lipinski definition) is 2. The Morgan fingerprint density at radius 1 is 0.792 bits per heavy atom. The van der Waals surface area contributed by atoms with Gasteiger partial charge in [-0.05, 0) is 46.5 Å². The van der Waals surface area contributed by atoms with Crippen LogP contribution in [0.25, 0.3) is 17.2 Å². The fraction of sp³-hybridized carbons (Fsp3) is 0.227. The fourth-order valence-corrected chi connectivity index (χ4v) is 6.31. The number of nitrogens with zero attached hydrogens (tertiary/aromatic N) is 1. The number of rotatable bonds is 16. The van der Waals surface area contributed by atoms with Crippen molar-refractivity contribution in [2.75, 3.05) is 34.5 Å². The van der Waals surface area contributed by atoms with Crippen molar-refractivity contribution in [3.8, 4) is 34.1 Å². The van der Waals surface area contributed by atoms with Crippen LogP contribution in [0.2, 0.25) is 0 Å². The molecule has 9 nitrogen and oxygen atoms in total. The molecule has 0 aromatic heterocycles. The van der Waals surface area contributed by atoms with E-state index in [1.165, 1.54) is 0 Å². The van der Waals surface area contributed by atoms with Crippen LogP contribution in [0.1, 0.15) is 41.2 Å². The van der Waals surface area contributed by atoms with Crippen LogP contribution < -0.4 is 24.3 Å². The molecule has 5 aromatic rings. The molecule has 272 valence electrons. The van der Waals surface area contributed by atoms with Gasteiger partial charge < -0.3 is 34.1 Å². The minimum absolute atomic E-state index is 0.0529. The molecule has 0 fully saturated rings. The molecule has 0 aliphatic carbocycles. The van der Waals surface area contributed by atoms with E-state index in [1.54, 1.807) is 33.5 Å². The molecule has 0 unspecified atom stereocenters. The van der Waals surface area contributed by atoms with Gasteiger partial charge in [0.2, 0.25) is 5.90 Å². The van der Waals surface area contributed by atoms with Crippen molar-refractivity contribution in [2.24, 2.45) is 4.99 Å². The van der Waals surface area contributed by atoms with Crippen LogP contribution in [-0.2, 0) is 16.1 Å². The van der Waals surface area contributed by atoms with E-state index in [4.69, 9.17) is 33.8 Å². The van der Waals surface area contributed by atoms with Gasteiger partial charge in [0.05, 0.1) is 40.0 Å². The molecular formula is C44H44N2O7. The minimum Gasteiger partial charge on any atom is -0.496 e. The first-order chi connectivity index (χ1) is 26.0. The Kier molecular flexibility index (Phi) is 12.1. The highest BCUT2D eigenvalue weighted by atomic mass is 16.5. The smallest absolute Gasteiger partial charge is 0.252 e. The second-order valence-electron chi connectivity index (χ2n) is 12.5. The summed E-state index contributed by atoms with van der Waals surface area (Å²) < 4.78 is 29.3. The minimum atomic E-state index is -1.40. The Labute approximate surface area is 310 Å². The van der Waals surface area contributed by atoms with Gasteiger partial charge in [-0.25, -0.2) is 4.99 Å². The Balaban J connectivity index is 1.41. The molecule has 2 atom stereocenters. The van der Waals surface area contributed by atoms with Crippen molar-refractivity contribution < 1.29 is 33.6 Å². The molecule has 0 spiro atoms. The molecule has 0 saturated carbocycles. The Morgan fingerprint density at radius 2 is 1.42 bits per heavy atom. The van der Waals surface area contributed by atoms with Gasteiger partial charge in [-0.3, -0.25) is 4.79 Å². The molecule has 9 heteroatoms. The second-order valence-corrected chi connectivity index (χ2v) is 12.5. The van der Waals surface area contributed by atoms with Crippen LogP contribution in [0.4, 0.5) is 0 Å². The van der Waals surface area contributed by atoms with Crippen molar-refractivity contribution in [2.45, 2.75) is 31.0 Å². The first kappa shape index (κ1) is 36.7. The van der Waals surface area contributed by atoms with Crippen LogP contribution in [0.3, 0.4) is 0 Å². The lowest BCUT2D eigenvalue weighted by molar-refractivity contribution is -0.129. The maximum Gasteiger partial charge on any atom is 0.252 e. The summed E-state index contributed by atoms with van der Waals surface area (Å²) in [6, 6.07) is 39.1. The summed E-state index contributed by atoms with van der Waals surface area (Å²) in [6.45, 7) is 0.552. The van der Waals surface area contributed by atoms with E-state index in [2.05, 4.69) is 17.4 Å². The molecule has 6 rings (SSSR count). The summed E-state index contributed by atoms with van der Waals surface area (Å²) in [6.07, 6.45) is 3.96. The maximum absolute atomic E-state index is 14.9. The zero-order valence-electron chi connectivity index (χ0n) is 30.2. The zero-order chi connectivity index (χ0) is 37.0. The third kappa shape index (κ3) is 8.54. The van der Waals surface area contributed by atoms with Crippen molar-refractivity contribution >= 4 is 17.9 Å². The van der Waals surface area contributed by atoms with E-state index >= 15 is 0 Å². The predicted molar refractivity (Wildman–Crippen MR) is 207 cm³/mol. The van der Waals surface area contributed by atoms with Gasteiger partial charge in [0, 0.05) is 37.1 Å². The van der Waals surface area contributed by atoms with Crippen LogP contribution in [0.15, 0.2) is 132 Å². The van der Waals surface area contributed by atoms with Gasteiger partial charge in [0.25, 0.3) is 5.91 Å². The fourth-order valence-electron chi connectivity index (χ4n) is 6.31. The lowest BCUT2D eigenvalue weighted by Crippen LogP contribution is -2.47. The molecular weight excluding hydrogens is 668 g/mol. The Bertz CT molecular complexity index is 1990.